The van der Waals surface area contributed by atoms with Crippen molar-refractivity contribution >= 4 is 39.2 Å². The van der Waals surface area contributed by atoms with E-state index in [-0.39, 0.29) is 5.91 Å². The molecular weight excluding hydrogens is 466 g/mol. The number of amides is 1. The Labute approximate surface area is 206 Å². The molecule has 0 saturated heterocycles. The van der Waals surface area contributed by atoms with Crippen LogP contribution in [0.25, 0.3) is 21.3 Å². The van der Waals surface area contributed by atoms with Crippen LogP contribution in [0.3, 0.4) is 0 Å². The predicted molar refractivity (Wildman–Crippen MR) is 137 cm³/mol. The van der Waals surface area contributed by atoms with E-state index in [2.05, 4.69) is 46.5 Å². The smallest absolute Gasteiger partial charge is 0.233 e. The first-order chi connectivity index (χ1) is 16.6. The summed E-state index contributed by atoms with van der Waals surface area (Å²) in [5.41, 5.74) is 5.78. The van der Waals surface area contributed by atoms with Gasteiger partial charge in [-0.1, -0.05) is 41.6 Å². The monoisotopic (exact) mass is 491 g/mol. The van der Waals surface area contributed by atoms with Gasteiger partial charge in [-0.05, 0) is 42.2 Å². The Balaban J connectivity index is 1.34. The highest BCUT2D eigenvalue weighted by Crippen LogP contribution is 2.38. The minimum Gasteiger partial charge on any atom is -0.493 e. The number of ether oxygens (including phenoxy) is 2. The van der Waals surface area contributed by atoms with Gasteiger partial charge in [-0.2, -0.15) is 0 Å². The van der Waals surface area contributed by atoms with Crippen LogP contribution in [0, 0.1) is 6.92 Å². The summed E-state index contributed by atoms with van der Waals surface area (Å²) in [5, 5.41) is 3.99. The Morgan fingerprint density at radius 1 is 1.09 bits per heavy atom. The number of fused-ring (bicyclic) bond motifs is 2. The van der Waals surface area contributed by atoms with Crippen molar-refractivity contribution in [1.82, 2.24) is 14.9 Å². The van der Waals surface area contributed by atoms with Crippen LogP contribution in [-0.4, -0.2) is 47.3 Å². The summed E-state index contributed by atoms with van der Waals surface area (Å²) in [7, 11) is 3.27. The summed E-state index contributed by atoms with van der Waals surface area (Å²) in [6, 6.07) is 12.5. The number of aromatic nitrogens is 2. The van der Waals surface area contributed by atoms with Gasteiger partial charge in [0.25, 0.3) is 0 Å². The lowest BCUT2D eigenvalue weighted by molar-refractivity contribution is -0.129. The first-order valence-electron chi connectivity index (χ1n) is 11.0. The van der Waals surface area contributed by atoms with E-state index in [9.17, 15) is 4.79 Å². The predicted octanol–water partition coefficient (Wildman–Crippen LogP) is 5.36. The molecule has 1 aliphatic heterocycles. The molecule has 0 saturated carbocycles. The molecule has 4 aromatic rings. The number of carbonyl (C=O) groups excluding carboxylic acids is 1. The number of thioether (sulfide) groups is 1. The topological polar surface area (TPSA) is 64.6 Å². The molecule has 0 bridgehead atoms. The van der Waals surface area contributed by atoms with Crippen molar-refractivity contribution in [3.63, 3.8) is 0 Å². The maximum absolute atomic E-state index is 13.1. The van der Waals surface area contributed by atoms with E-state index in [1.54, 1.807) is 31.9 Å². The van der Waals surface area contributed by atoms with E-state index >= 15 is 0 Å². The van der Waals surface area contributed by atoms with Crippen LogP contribution in [0.2, 0.25) is 0 Å². The van der Waals surface area contributed by atoms with Crippen LogP contribution in [0.1, 0.15) is 16.7 Å². The molecule has 0 atom stereocenters. The Kier molecular flexibility index (Phi) is 6.43. The van der Waals surface area contributed by atoms with Crippen LogP contribution in [0.4, 0.5) is 0 Å². The van der Waals surface area contributed by atoms with Gasteiger partial charge < -0.3 is 14.4 Å². The Morgan fingerprint density at radius 3 is 2.56 bits per heavy atom. The van der Waals surface area contributed by atoms with Crippen LogP contribution < -0.4 is 9.47 Å². The summed E-state index contributed by atoms with van der Waals surface area (Å²) in [6.45, 7) is 3.34. The number of rotatable bonds is 6. The number of nitrogens with zero attached hydrogens (tertiary/aromatic N) is 3. The van der Waals surface area contributed by atoms with Gasteiger partial charge in [0.1, 0.15) is 16.2 Å². The number of thiophene rings is 1. The van der Waals surface area contributed by atoms with E-state index in [4.69, 9.17) is 9.47 Å². The van der Waals surface area contributed by atoms with Gasteiger partial charge in [0.15, 0.2) is 11.5 Å². The molecule has 174 valence electrons. The average Bonchev–Trinajstić information content (AvgIpc) is 3.31. The Morgan fingerprint density at radius 2 is 1.82 bits per heavy atom. The second-order valence-electron chi connectivity index (χ2n) is 8.20. The molecule has 5 rings (SSSR count). The van der Waals surface area contributed by atoms with Gasteiger partial charge in [0.2, 0.25) is 5.91 Å². The van der Waals surface area contributed by atoms with E-state index in [0.29, 0.717) is 24.6 Å². The first kappa shape index (κ1) is 22.7. The quantitative estimate of drug-likeness (QED) is 0.267. The fraction of sp³-hybridized carbons (Fsp3) is 0.269. The second kappa shape index (κ2) is 9.64. The van der Waals surface area contributed by atoms with Crippen molar-refractivity contribution in [2.24, 2.45) is 0 Å². The van der Waals surface area contributed by atoms with Crippen molar-refractivity contribution in [3.8, 4) is 22.6 Å². The number of carbonyl (C=O) groups is 1. The molecular formula is C26H25N3O3S2. The second-order valence-corrected chi connectivity index (χ2v) is 10.0. The van der Waals surface area contributed by atoms with Gasteiger partial charge in [-0.25, -0.2) is 9.97 Å². The molecule has 0 spiro atoms. The Bertz CT molecular complexity index is 1350. The third kappa shape index (κ3) is 4.35. The van der Waals surface area contributed by atoms with E-state index < -0.39 is 0 Å². The molecule has 2 aromatic carbocycles. The highest BCUT2D eigenvalue weighted by Gasteiger charge is 2.23. The molecule has 3 heterocycles. The molecule has 1 amide bonds. The SMILES string of the molecule is COc1cc2c(cc1OC)CN(C(=O)CSc1ncnc3scc(-c4ccc(C)cc4)c13)CC2. The normalized spacial score (nSPS) is 13.1. The highest BCUT2D eigenvalue weighted by molar-refractivity contribution is 8.00. The fourth-order valence-corrected chi connectivity index (χ4v) is 6.12. The first-order valence-corrected chi connectivity index (χ1v) is 12.9. The van der Waals surface area contributed by atoms with Crippen molar-refractivity contribution in [2.75, 3.05) is 26.5 Å². The molecule has 0 N–H and O–H groups in total. The van der Waals surface area contributed by atoms with Crippen LogP contribution in [-0.2, 0) is 17.8 Å². The van der Waals surface area contributed by atoms with Gasteiger partial charge in [-0.15, -0.1) is 11.3 Å². The maximum Gasteiger partial charge on any atom is 0.233 e. The Hall–Kier alpha value is -3.10. The van der Waals surface area contributed by atoms with Gasteiger partial charge in [0, 0.05) is 24.0 Å². The maximum atomic E-state index is 13.1. The fourth-order valence-electron chi connectivity index (χ4n) is 4.22. The zero-order chi connectivity index (χ0) is 23.7. The third-order valence-corrected chi connectivity index (χ3v) is 7.96. The zero-order valence-corrected chi connectivity index (χ0v) is 21.0. The number of aryl methyl sites for hydroxylation is 1. The van der Waals surface area contributed by atoms with E-state index in [1.165, 1.54) is 22.9 Å². The number of hydrogen-bond donors (Lipinski definition) is 0. The highest BCUT2D eigenvalue weighted by atomic mass is 32.2. The standard InChI is InChI=1S/C26H25N3O3S2/c1-16-4-6-17(7-5-16)20-13-33-25-24(20)26(28-15-27-25)34-14-23(30)29-9-8-18-10-21(31-2)22(32-3)11-19(18)12-29/h4-7,10-11,13,15H,8-9,12,14H2,1-3H3. The molecule has 6 nitrogen and oxygen atoms in total. The van der Waals surface area contributed by atoms with Crippen LogP contribution in [0.5, 0.6) is 11.5 Å². The van der Waals surface area contributed by atoms with Crippen molar-refractivity contribution in [2.45, 2.75) is 24.9 Å². The van der Waals surface area contributed by atoms with Gasteiger partial charge in [0.05, 0.1) is 25.4 Å². The third-order valence-electron chi connectivity index (χ3n) is 6.10. The largest absolute Gasteiger partial charge is 0.493 e. The minimum atomic E-state index is 0.101. The summed E-state index contributed by atoms with van der Waals surface area (Å²) < 4.78 is 10.9. The van der Waals surface area contributed by atoms with E-state index in [1.807, 2.05) is 17.0 Å². The lowest BCUT2D eigenvalue weighted by atomic mass is 9.99. The van der Waals surface area contributed by atoms with E-state index in [0.717, 1.165) is 44.1 Å². The van der Waals surface area contributed by atoms with Crippen molar-refractivity contribution in [1.29, 1.82) is 0 Å². The molecule has 1 aliphatic rings. The molecule has 0 aliphatic carbocycles. The number of hydrogen-bond acceptors (Lipinski definition) is 7. The lowest BCUT2D eigenvalue weighted by Crippen LogP contribution is -2.37. The molecule has 8 heteroatoms. The van der Waals surface area contributed by atoms with Crippen molar-refractivity contribution < 1.29 is 14.3 Å². The molecule has 2 aromatic heterocycles. The molecule has 34 heavy (non-hydrogen) atoms. The minimum absolute atomic E-state index is 0.101. The van der Waals surface area contributed by atoms with Crippen LogP contribution >= 0.6 is 23.1 Å². The lowest BCUT2D eigenvalue weighted by Gasteiger charge is -2.29. The van der Waals surface area contributed by atoms with Gasteiger partial charge in [-0.3, -0.25) is 4.79 Å². The van der Waals surface area contributed by atoms with Crippen molar-refractivity contribution in [3.05, 3.63) is 64.8 Å². The summed E-state index contributed by atoms with van der Waals surface area (Å²) in [4.78, 5) is 25.0. The summed E-state index contributed by atoms with van der Waals surface area (Å²) >= 11 is 3.09. The molecule has 0 unspecified atom stereocenters. The molecule has 0 fully saturated rings. The zero-order valence-electron chi connectivity index (χ0n) is 19.3. The summed E-state index contributed by atoms with van der Waals surface area (Å²) in [6.07, 6.45) is 2.38. The van der Waals surface area contributed by atoms with Crippen LogP contribution in [0.15, 0.2) is 53.1 Å². The molecule has 0 radical (unpaired) electrons. The number of methoxy groups -OCH3 is 2. The van der Waals surface area contributed by atoms with Gasteiger partial charge >= 0.3 is 0 Å². The summed E-state index contributed by atoms with van der Waals surface area (Å²) in [5.74, 6) is 1.85. The number of benzene rings is 2. The average molecular weight is 492 g/mol.